The number of hydrogen-bond donors (Lipinski definition) is 3. The third-order valence-electron chi connectivity index (χ3n) is 2.16. The predicted molar refractivity (Wildman–Crippen MR) is 69.0 cm³/mol. The fraction of sp³-hybridized carbons (Fsp3) is 0.333. The van der Waals surface area contributed by atoms with Gasteiger partial charge in [-0.25, -0.2) is 36.5 Å². The van der Waals surface area contributed by atoms with E-state index in [0.717, 1.165) is 18.3 Å². The largest absolute Gasteiger partial charge is 0.478 e. The Bertz CT molecular complexity index is 681. The molecule has 0 saturated carbocycles. The SMILES string of the molecule is NS(=O)(=O)CCCNS(=O)(=O)c1ccc(C(=O)O)cn1. The Hall–Kier alpha value is -1.56. The fourth-order valence-electron chi connectivity index (χ4n) is 1.22. The van der Waals surface area contributed by atoms with Crippen molar-refractivity contribution in [2.45, 2.75) is 11.4 Å². The molecule has 0 aliphatic carbocycles. The van der Waals surface area contributed by atoms with Crippen LogP contribution in [0.5, 0.6) is 0 Å². The number of pyridine rings is 1. The molecule has 0 unspecified atom stereocenters. The van der Waals surface area contributed by atoms with E-state index < -0.39 is 26.0 Å². The summed E-state index contributed by atoms with van der Waals surface area (Å²) in [7, 11) is -7.55. The first kappa shape index (κ1) is 16.5. The first-order valence-corrected chi connectivity index (χ1v) is 8.51. The molecule has 0 spiro atoms. The Kier molecular flexibility index (Phi) is 5.16. The average Bonchev–Trinajstić information content (AvgIpc) is 2.34. The summed E-state index contributed by atoms with van der Waals surface area (Å²) in [5.41, 5.74) is -0.141. The van der Waals surface area contributed by atoms with Crippen LogP contribution in [-0.2, 0) is 20.0 Å². The number of nitrogens with one attached hydrogen (secondary N) is 1. The van der Waals surface area contributed by atoms with Crippen LogP contribution < -0.4 is 9.86 Å². The maximum Gasteiger partial charge on any atom is 0.337 e. The quantitative estimate of drug-likeness (QED) is 0.528. The molecule has 0 aliphatic rings. The number of primary sulfonamides is 1. The summed E-state index contributed by atoms with van der Waals surface area (Å²) in [6, 6.07) is 2.15. The third kappa shape index (κ3) is 5.21. The van der Waals surface area contributed by atoms with Gasteiger partial charge in [-0.05, 0) is 18.6 Å². The molecule has 0 saturated heterocycles. The second-order valence-corrected chi connectivity index (χ2v) is 7.26. The number of aromatic nitrogens is 1. The lowest BCUT2D eigenvalue weighted by atomic mass is 10.3. The second kappa shape index (κ2) is 6.26. The van der Waals surface area contributed by atoms with E-state index in [-0.39, 0.29) is 29.3 Å². The minimum Gasteiger partial charge on any atom is -0.478 e. The van der Waals surface area contributed by atoms with Crippen LogP contribution in [-0.4, -0.2) is 45.2 Å². The lowest BCUT2D eigenvalue weighted by Gasteiger charge is -2.05. The normalized spacial score (nSPS) is 12.2. The smallest absolute Gasteiger partial charge is 0.337 e. The van der Waals surface area contributed by atoms with E-state index in [9.17, 15) is 21.6 Å². The molecule has 11 heteroatoms. The molecule has 0 aromatic carbocycles. The molecule has 0 radical (unpaired) electrons. The Balaban J connectivity index is 2.67. The highest BCUT2D eigenvalue weighted by Crippen LogP contribution is 2.06. The van der Waals surface area contributed by atoms with Crippen molar-refractivity contribution < 1.29 is 26.7 Å². The van der Waals surface area contributed by atoms with Crippen LogP contribution in [0.2, 0.25) is 0 Å². The number of rotatable bonds is 7. The van der Waals surface area contributed by atoms with E-state index >= 15 is 0 Å². The van der Waals surface area contributed by atoms with Crippen LogP contribution in [0, 0.1) is 0 Å². The van der Waals surface area contributed by atoms with Gasteiger partial charge in [0.25, 0.3) is 10.0 Å². The van der Waals surface area contributed by atoms with E-state index in [1.807, 2.05) is 0 Å². The summed E-state index contributed by atoms with van der Waals surface area (Å²) < 4.78 is 46.9. The van der Waals surface area contributed by atoms with Crippen molar-refractivity contribution in [3.05, 3.63) is 23.9 Å². The van der Waals surface area contributed by atoms with Crippen LogP contribution in [0.25, 0.3) is 0 Å². The highest BCUT2D eigenvalue weighted by Gasteiger charge is 2.16. The molecule has 0 amide bonds. The van der Waals surface area contributed by atoms with Crippen molar-refractivity contribution in [3.8, 4) is 0 Å². The Morgan fingerprint density at radius 3 is 2.40 bits per heavy atom. The molecule has 1 aromatic rings. The van der Waals surface area contributed by atoms with E-state index in [2.05, 4.69) is 9.71 Å². The summed E-state index contributed by atoms with van der Waals surface area (Å²) >= 11 is 0. The first-order valence-electron chi connectivity index (χ1n) is 5.31. The molecular weight excluding hydrogens is 310 g/mol. The van der Waals surface area contributed by atoms with Crippen molar-refractivity contribution in [2.75, 3.05) is 12.3 Å². The number of carboxylic acids is 1. The highest BCUT2D eigenvalue weighted by atomic mass is 32.2. The minimum absolute atomic E-state index is 0.0191. The van der Waals surface area contributed by atoms with Gasteiger partial charge in [0.1, 0.15) is 0 Å². The maximum atomic E-state index is 11.7. The summed E-state index contributed by atoms with van der Waals surface area (Å²) in [6.07, 6.45) is 0.937. The van der Waals surface area contributed by atoms with Crippen molar-refractivity contribution in [2.24, 2.45) is 5.14 Å². The third-order valence-corrected chi connectivity index (χ3v) is 4.39. The molecule has 0 fully saturated rings. The number of carbonyl (C=O) groups is 1. The van der Waals surface area contributed by atoms with Gasteiger partial charge in [0.2, 0.25) is 10.0 Å². The van der Waals surface area contributed by atoms with Gasteiger partial charge in [-0.1, -0.05) is 0 Å². The number of nitrogens with two attached hydrogens (primary N) is 1. The van der Waals surface area contributed by atoms with Crippen LogP contribution in [0.1, 0.15) is 16.8 Å². The number of aromatic carboxylic acids is 1. The van der Waals surface area contributed by atoms with E-state index in [1.54, 1.807) is 0 Å². The first-order chi connectivity index (χ1) is 9.12. The van der Waals surface area contributed by atoms with E-state index in [0.29, 0.717) is 0 Å². The van der Waals surface area contributed by atoms with Gasteiger partial charge in [0.15, 0.2) is 5.03 Å². The van der Waals surface area contributed by atoms with Crippen LogP contribution in [0.15, 0.2) is 23.4 Å². The van der Waals surface area contributed by atoms with Gasteiger partial charge < -0.3 is 5.11 Å². The molecule has 1 rings (SSSR count). The zero-order valence-electron chi connectivity index (χ0n) is 10.2. The molecule has 1 aromatic heterocycles. The standard InChI is InChI=1S/C9H13N3O6S2/c10-19(15,16)5-1-4-12-20(17,18)8-3-2-7(6-11-8)9(13)14/h2-3,6,12H,1,4-5H2,(H,13,14)(H2,10,15,16). The van der Waals surface area contributed by atoms with Gasteiger partial charge in [-0.15, -0.1) is 0 Å². The fourth-order valence-corrected chi connectivity index (χ4v) is 2.77. The molecule has 20 heavy (non-hydrogen) atoms. The molecule has 0 aliphatic heterocycles. The Morgan fingerprint density at radius 1 is 1.30 bits per heavy atom. The van der Waals surface area contributed by atoms with Gasteiger partial charge >= 0.3 is 5.97 Å². The maximum absolute atomic E-state index is 11.7. The van der Waals surface area contributed by atoms with Crippen molar-refractivity contribution >= 4 is 26.0 Å². The van der Waals surface area contributed by atoms with E-state index in [4.69, 9.17) is 10.2 Å². The summed E-state index contributed by atoms with van der Waals surface area (Å²) in [4.78, 5) is 14.1. The lowest BCUT2D eigenvalue weighted by molar-refractivity contribution is 0.0696. The summed E-state index contributed by atoms with van der Waals surface area (Å²) in [5.74, 6) is -1.57. The van der Waals surface area contributed by atoms with Gasteiger partial charge in [0.05, 0.1) is 11.3 Å². The van der Waals surface area contributed by atoms with Crippen LogP contribution in [0.4, 0.5) is 0 Å². The predicted octanol–water partition coefficient (Wildman–Crippen LogP) is -1.26. The monoisotopic (exact) mass is 323 g/mol. The average molecular weight is 323 g/mol. The molecule has 112 valence electrons. The van der Waals surface area contributed by atoms with Crippen molar-refractivity contribution in [1.82, 2.24) is 9.71 Å². The number of hydrogen-bond acceptors (Lipinski definition) is 6. The molecule has 0 atom stereocenters. The van der Waals surface area contributed by atoms with Gasteiger partial charge in [-0.3, -0.25) is 0 Å². The van der Waals surface area contributed by atoms with Gasteiger partial charge in [0, 0.05) is 12.7 Å². The van der Waals surface area contributed by atoms with Crippen molar-refractivity contribution in [1.29, 1.82) is 0 Å². The molecular formula is C9H13N3O6S2. The zero-order chi connectivity index (χ0) is 15.4. The Morgan fingerprint density at radius 2 is 1.95 bits per heavy atom. The zero-order valence-corrected chi connectivity index (χ0v) is 11.8. The summed E-state index contributed by atoms with van der Waals surface area (Å²) in [5, 5.41) is 13.1. The highest BCUT2D eigenvalue weighted by molar-refractivity contribution is 7.89. The van der Waals surface area contributed by atoms with Gasteiger partial charge in [-0.2, -0.15) is 0 Å². The number of carboxylic acid groups (broad SMARTS) is 1. The van der Waals surface area contributed by atoms with E-state index in [1.165, 1.54) is 0 Å². The number of sulfonamides is 2. The minimum atomic E-state index is -3.91. The lowest BCUT2D eigenvalue weighted by Crippen LogP contribution is -2.28. The molecule has 1 heterocycles. The van der Waals surface area contributed by atoms with Crippen LogP contribution >= 0.6 is 0 Å². The summed E-state index contributed by atoms with van der Waals surface area (Å²) in [6.45, 7) is -0.124. The molecule has 4 N–H and O–H groups in total. The van der Waals surface area contributed by atoms with Crippen molar-refractivity contribution in [3.63, 3.8) is 0 Å². The molecule has 0 bridgehead atoms. The number of nitrogens with zero attached hydrogens (tertiary/aromatic N) is 1. The topological polar surface area (TPSA) is 157 Å². The molecule has 9 nitrogen and oxygen atoms in total. The Labute approximate surface area is 115 Å². The van der Waals surface area contributed by atoms with Crippen LogP contribution in [0.3, 0.4) is 0 Å². The second-order valence-electron chi connectivity index (χ2n) is 3.81.